The Kier molecular flexibility index (Phi) is 6.11. The number of carbonyl (C=O) groups excluding carboxylic acids is 1. The van der Waals surface area contributed by atoms with Crippen LogP contribution in [-0.4, -0.2) is 25.7 Å². The molecule has 2 rings (SSSR count). The van der Waals surface area contributed by atoms with Crippen LogP contribution in [0.3, 0.4) is 0 Å². The smallest absolute Gasteiger partial charge is 0.323 e. The second kappa shape index (κ2) is 7.74. The van der Waals surface area contributed by atoms with Gasteiger partial charge in [-0.15, -0.1) is 0 Å². The van der Waals surface area contributed by atoms with Gasteiger partial charge in [0.2, 0.25) is 10.0 Å². The number of nitrogens with one attached hydrogen (secondary N) is 1. The number of ether oxygens (including phenoxy) is 1. The molecule has 1 aromatic carbocycles. The maximum atomic E-state index is 12.0. The Hall–Kier alpha value is -1.60. The monoisotopic (exact) mass is 369 g/mol. The number of sulfonamides is 1. The Labute approximate surface area is 149 Å². The van der Waals surface area contributed by atoms with E-state index < -0.39 is 16.0 Å². The molecule has 0 fully saturated rings. The van der Waals surface area contributed by atoms with E-state index in [0.717, 1.165) is 43.1 Å². The van der Waals surface area contributed by atoms with E-state index >= 15 is 0 Å². The van der Waals surface area contributed by atoms with Crippen molar-refractivity contribution in [3.8, 4) is 5.75 Å². The average Bonchev–Trinajstić information content (AvgIpc) is 2.58. The van der Waals surface area contributed by atoms with Crippen molar-refractivity contribution >= 4 is 16.0 Å². The Balaban J connectivity index is 2.21. The lowest BCUT2D eigenvalue weighted by Gasteiger charge is -2.41. The fraction of sp³-hybridized carbons (Fsp3) is 0.611. The summed E-state index contributed by atoms with van der Waals surface area (Å²) in [4.78, 5) is 17.1. The van der Waals surface area contributed by atoms with Crippen LogP contribution in [0, 0.1) is 6.92 Å². The molecule has 1 N–H and O–H groups in total. The van der Waals surface area contributed by atoms with E-state index in [4.69, 9.17) is 4.74 Å². The largest absolute Gasteiger partial charge is 0.487 e. The van der Waals surface area contributed by atoms with Gasteiger partial charge in [0.05, 0.1) is 5.75 Å². The van der Waals surface area contributed by atoms with Crippen molar-refractivity contribution < 1.29 is 22.8 Å². The van der Waals surface area contributed by atoms with Gasteiger partial charge in [0.25, 0.3) is 0 Å². The van der Waals surface area contributed by atoms with Crippen molar-refractivity contribution in [2.75, 3.05) is 5.75 Å². The number of fused-ring (bicyclic) bond motifs is 1. The van der Waals surface area contributed by atoms with Gasteiger partial charge < -0.3 is 9.57 Å². The van der Waals surface area contributed by atoms with E-state index in [-0.39, 0.29) is 17.3 Å². The zero-order valence-electron chi connectivity index (χ0n) is 15.3. The second-order valence-electron chi connectivity index (χ2n) is 6.72. The van der Waals surface area contributed by atoms with E-state index in [9.17, 15) is 13.2 Å². The molecule has 0 radical (unpaired) electrons. The van der Waals surface area contributed by atoms with Crippen LogP contribution in [0.25, 0.3) is 0 Å². The molecule has 6 nitrogen and oxygen atoms in total. The lowest BCUT2D eigenvalue weighted by molar-refractivity contribution is -0.144. The number of rotatable bonds is 7. The minimum absolute atomic E-state index is 0.0810. The van der Waals surface area contributed by atoms with Crippen molar-refractivity contribution in [1.29, 1.82) is 0 Å². The number of hydrogen-bond acceptors (Lipinski definition) is 5. The fourth-order valence-electron chi connectivity index (χ4n) is 3.32. The number of hydrogen-bond donors (Lipinski definition) is 1. The van der Waals surface area contributed by atoms with Gasteiger partial charge >= 0.3 is 5.97 Å². The molecule has 0 bridgehead atoms. The third kappa shape index (κ3) is 4.95. The van der Waals surface area contributed by atoms with Gasteiger partial charge in [0.15, 0.2) is 0 Å². The Bertz CT molecular complexity index is 725. The molecule has 25 heavy (non-hydrogen) atoms. The van der Waals surface area contributed by atoms with E-state index in [1.54, 1.807) is 0 Å². The molecule has 7 heteroatoms. The summed E-state index contributed by atoms with van der Waals surface area (Å²) in [5, 5.41) is 0. The molecule has 1 aliphatic rings. The molecule has 0 saturated carbocycles. The van der Waals surface area contributed by atoms with E-state index in [0.29, 0.717) is 6.42 Å². The topological polar surface area (TPSA) is 81.7 Å². The molecule has 1 heterocycles. The molecule has 0 aromatic heterocycles. The van der Waals surface area contributed by atoms with Crippen LogP contribution in [-0.2, 0) is 19.7 Å². The summed E-state index contributed by atoms with van der Waals surface area (Å²) in [5.74, 6) is 0.127. The van der Waals surface area contributed by atoms with Crippen molar-refractivity contribution in [3.05, 3.63) is 29.3 Å². The normalized spacial score (nSPS) is 19.0. The maximum absolute atomic E-state index is 12.0. The molecular weight excluding hydrogens is 342 g/mol. The predicted molar refractivity (Wildman–Crippen MR) is 95.8 cm³/mol. The van der Waals surface area contributed by atoms with Gasteiger partial charge in [-0.1, -0.05) is 31.5 Å². The summed E-state index contributed by atoms with van der Waals surface area (Å²) in [5.41, 5.74) is 1.91. The quantitative estimate of drug-likeness (QED) is 0.746. The van der Waals surface area contributed by atoms with Gasteiger partial charge in [-0.2, -0.15) is 0 Å². The summed E-state index contributed by atoms with van der Waals surface area (Å²) in [6.45, 7) is 7.35. The van der Waals surface area contributed by atoms with Crippen LogP contribution in [0.2, 0.25) is 0 Å². The summed E-state index contributed by atoms with van der Waals surface area (Å²) >= 11 is 0. The Morgan fingerprint density at radius 1 is 1.36 bits per heavy atom. The summed E-state index contributed by atoms with van der Waals surface area (Å²) in [7, 11) is -3.67. The first-order valence-electron chi connectivity index (χ1n) is 8.66. The summed E-state index contributed by atoms with van der Waals surface area (Å²) in [6, 6.07) is 6.06. The van der Waals surface area contributed by atoms with Crippen molar-refractivity contribution in [2.24, 2.45) is 0 Å². The summed E-state index contributed by atoms with van der Waals surface area (Å²) < 4.78 is 30.4. The number of aryl methyl sites for hydroxylation is 1. The van der Waals surface area contributed by atoms with Gasteiger partial charge in [-0.3, -0.25) is 4.79 Å². The molecule has 0 saturated heterocycles. The fourth-order valence-corrected chi connectivity index (χ4v) is 4.24. The average molecular weight is 369 g/mol. The molecule has 1 unspecified atom stereocenters. The van der Waals surface area contributed by atoms with Crippen molar-refractivity contribution in [1.82, 2.24) is 4.89 Å². The van der Waals surface area contributed by atoms with Crippen LogP contribution >= 0.6 is 0 Å². The van der Waals surface area contributed by atoms with Gasteiger partial charge in [-0.25, -0.2) is 8.42 Å². The third-order valence-corrected chi connectivity index (χ3v) is 6.00. The molecule has 0 amide bonds. The third-order valence-electron chi connectivity index (χ3n) is 4.89. The predicted octanol–water partition coefficient (Wildman–Crippen LogP) is 3.21. The molecule has 1 aromatic rings. The molecule has 0 aliphatic carbocycles. The summed E-state index contributed by atoms with van der Waals surface area (Å²) in [6.07, 6.45) is 2.95. The van der Waals surface area contributed by atoms with E-state index in [2.05, 4.69) is 24.8 Å². The highest BCUT2D eigenvalue weighted by molar-refractivity contribution is 7.89. The molecule has 140 valence electrons. The van der Waals surface area contributed by atoms with E-state index in [1.807, 2.05) is 23.9 Å². The van der Waals surface area contributed by atoms with E-state index in [1.165, 1.54) is 0 Å². The number of carbonyl (C=O) groups is 1. The zero-order chi connectivity index (χ0) is 18.7. The van der Waals surface area contributed by atoms with Gasteiger partial charge in [0.1, 0.15) is 11.4 Å². The highest BCUT2D eigenvalue weighted by Gasteiger charge is 2.38. The first kappa shape index (κ1) is 19.7. The van der Waals surface area contributed by atoms with Crippen LogP contribution in [0.5, 0.6) is 5.75 Å². The van der Waals surface area contributed by atoms with Crippen LogP contribution < -0.4 is 9.62 Å². The molecule has 1 atom stereocenters. The molecule has 0 spiro atoms. The molecular formula is C18H27NO5S. The lowest BCUT2D eigenvalue weighted by atomic mass is 9.78. The van der Waals surface area contributed by atoms with Gasteiger partial charge in [-0.05, 0) is 55.0 Å². The highest BCUT2D eigenvalue weighted by Crippen LogP contribution is 2.45. The second-order valence-corrected chi connectivity index (χ2v) is 8.52. The van der Waals surface area contributed by atoms with Crippen LogP contribution in [0.1, 0.15) is 63.5 Å². The minimum Gasteiger partial charge on any atom is -0.487 e. The Morgan fingerprint density at radius 3 is 2.64 bits per heavy atom. The Morgan fingerprint density at radius 2 is 2.04 bits per heavy atom. The first-order valence-corrected chi connectivity index (χ1v) is 10.3. The highest BCUT2D eigenvalue weighted by atomic mass is 32.2. The first-order chi connectivity index (χ1) is 11.7. The lowest BCUT2D eigenvalue weighted by Crippen LogP contribution is -2.40. The minimum atomic E-state index is -3.67. The zero-order valence-corrected chi connectivity index (χ0v) is 16.1. The van der Waals surface area contributed by atoms with Gasteiger partial charge in [0, 0.05) is 6.92 Å². The maximum Gasteiger partial charge on any atom is 0.323 e. The van der Waals surface area contributed by atoms with Crippen LogP contribution in [0.15, 0.2) is 18.2 Å². The number of benzene rings is 1. The van der Waals surface area contributed by atoms with Crippen molar-refractivity contribution in [2.45, 2.75) is 64.9 Å². The SMILES string of the molecule is CCC1(CC)CC(CCS(=O)(=O)NOC(C)=O)c2cc(C)ccc2O1. The van der Waals surface area contributed by atoms with Crippen LogP contribution in [0.4, 0.5) is 0 Å². The van der Waals surface area contributed by atoms with Crippen molar-refractivity contribution in [3.63, 3.8) is 0 Å². The molecule has 1 aliphatic heterocycles. The standard InChI is InChI=1S/C18H27NO5S/c1-5-18(6-2)12-15(9-10-25(21,22)19-24-14(4)20)16-11-13(3)7-8-17(16)23-18/h7-8,11,15,19H,5-6,9-10,12H2,1-4H3.